The van der Waals surface area contributed by atoms with Crippen molar-refractivity contribution in [2.24, 2.45) is 0 Å². The third-order valence-corrected chi connectivity index (χ3v) is 3.04. The summed E-state index contributed by atoms with van der Waals surface area (Å²) in [5.74, 6) is -2.10. The lowest BCUT2D eigenvalue weighted by Crippen LogP contribution is -1.99. The second-order valence-electron chi connectivity index (χ2n) is 3.24. The number of rotatable bonds is 3. The van der Waals surface area contributed by atoms with Crippen molar-refractivity contribution in [3.8, 4) is 11.1 Å². The number of hydrogen-bond donors (Lipinski definition) is 2. The zero-order valence-electron chi connectivity index (χ0n) is 8.45. The van der Waals surface area contributed by atoms with Gasteiger partial charge in [0.25, 0.3) is 0 Å². The molecule has 0 saturated heterocycles. The Bertz CT molecular complexity index is 591. The van der Waals surface area contributed by atoms with Gasteiger partial charge in [0.05, 0.1) is 0 Å². The van der Waals surface area contributed by atoms with Crippen molar-refractivity contribution in [2.45, 2.75) is 0 Å². The lowest BCUT2D eigenvalue weighted by atomic mass is 10.1. The molecule has 0 saturated carbocycles. The van der Waals surface area contributed by atoms with Crippen molar-refractivity contribution < 1.29 is 19.8 Å². The fourth-order valence-electron chi connectivity index (χ4n) is 1.33. The van der Waals surface area contributed by atoms with Gasteiger partial charge in [-0.25, -0.2) is 14.6 Å². The Labute approximate surface area is 100.0 Å². The maximum Gasteiger partial charge on any atom is 0.354 e. The molecule has 5 nitrogen and oxygen atoms in total. The summed E-state index contributed by atoms with van der Waals surface area (Å²) in [5, 5.41) is 19.3. The Morgan fingerprint density at radius 1 is 1.12 bits per heavy atom. The highest BCUT2D eigenvalue weighted by atomic mass is 32.1. The average Bonchev–Trinajstić information content (AvgIpc) is 2.78. The second-order valence-corrected chi connectivity index (χ2v) is 4.15. The summed E-state index contributed by atoms with van der Waals surface area (Å²) >= 11 is 1.10. The molecule has 2 aromatic heterocycles. The van der Waals surface area contributed by atoms with Gasteiger partial charge < -0.3 is 10.2 Å². The number of aromatic carboxylic acids is 2. The molecule has 0 aliphatic rings. The molecule has 0 aliphatic carbocycles. The Morgan fingerprint density at radius 3 is 2.47 bits per heavy atom. The van der Waals surface area contributed by atoms with Gasteiger partial charge in [0, 0.05) is 6.20 Å². The number of hydrogen-bond acceptors (Lipinski definition) is 4. The summed E-state index contributed by atoms with van der Waals surface area (Å²) < 4.78 is 0. The van der Waals surface area contributed by atoms with E-state index in [9.17, 15) is 9.59 Å². The molecule has 86 valence electrons. The van der Waals surface area contributed by atoms with Crippen molar-refractivity contribution in [3.63, 3.8) is 0 Å². The monoisotopic (exact) mass is 249 g/mol. The summed E-state index contributed by atoms with van der Waals surface area (Å²) in [7, 11) is 0. The molecule has 0 unspecified atom stereocenters. The largest absolute Gasteiger partial charge is 0.477 e. The minimum atomic E-state index is -1.11. The van der Waals surface area contributed by atoms with Crippen LogP contribution in [0.2, 0.25) is 0 Å². The topological polar surface area (TPSA) is 87.5 Å². The maximum atomic E-state index is 10.7. The van der Waals surface area contributed by atoms with E-state index in [0.717, 1.165) is 11.3 Å². The quantitative estimate of drug-likeness (QED) is 0.870. The van der Waals surface area contributed by atoms with E-state index in [1.807, 2.05) is 0 Å². The zero-order valence-corrected chi connectivity index (χ0v) is 9.27. The summed E-state index contributed by atoms with van der Waals surface area (Å²) in [6, 6.07) is 4.56. The van der Waals surface area contributed by atoms with Gasteiger partial charge in [-0.1, -0.05) is 0 Å². The summed E-state index contributed by atoms with van der Waals surface area (Å²) in [6.45, 7) is 0. The predicted molar refractivity (Wildman–Crippen MR) is 61.5 cm³/mol. The molecule has 0 bridgehead atoms. The minimum Gasteiger partial charge on any atom is -0.477 e. The van der Waals surface area contributed by atoms with E-state index >= 15 is 0 Å². The number of aromatic nitrogens is 1. The van der Waals surface area contributed by atoms with Crippen molar-refractivity contribution in [1.29, 1.82) is 0 Å². The molecule has 2 aromatic rings. The summed E-state index contributed by atoms with van der Waals surface area (Å²) in [6.07, 6.45) is 1.39. The smallest absolute Gasteiger partial charge is 0.354 e. The van der Waals surface area contributed by atoms with Crippen LogP contribution in [0.25, 0.3) is 11.1 Å². The van der Waals surface area contributed by atoms with Crippen LogP contribution in [0, 0.1) is 0 Å². The molecular weight excluding hydrogens is 242 g/mol. The standard InChI is InChI=1S/C11H7NO4S/c13-10(14)8-3-6(1-2-12-8)7-4-9(11(15)16)17-5-7/h1-5H,(H,13,14)(H,15,16). The Balaban J connectivity index is 2.42. The first-order valence-electron chi connectivity index (χ1n) is 4.59. The molecule has 2 N–H and O–H groups in total. The van der Waals surface area contributed by atoms with Crippen molar-refractivity contribution in [2.75, 3.05) is 0 Å². The van der Waals surface area contributed by atoms with Crippen LogP contribution in [0.1, 0.15) is 20.2 Å². The highest BCUT2D eigenvalue weighted by Gasteiger charge is 2.10. The first kappa shape index (κ1) is 11.3. The average molecular weight is 249 g/mol. The lowest BCUT2D eigenvalue weighted by molar-refractivity contribution is 0.0684. The van der Waals surface area contributed by atoms with E-state index < -0.39 is 11.9 Å². The van der Waals surface area contributed by atoms with Gasteiger partial charge in [-0.05, 0) is 34.7 Å². The zero-order chi connectivity index (χ0) is 12.4. The minimum absolute atomic E-state index is 0.0643. The van der Waals surface area contributed by atoms with Gasteiger partial charge in [0.2, 0.25) is 0 Å². The number of carboxylic acid groups (broad SMARTS) is 2. The molecule has 2 rings (SSSR count). The van der Waals surface area contributed by atoms with E-state index in [1.165, 1.54) is 18.3 Å². The molecule has 2 heterocycles. The molecule has 0 aromatic carbocycles. The molecule has 17 heavy (non-hydrogen) atoms. The van der Waals surface area contributed by atoms with Crippen LogP contribution in [0.5, 0.6) is 0 Å². The van der Waals surface area contributed by atoms with Gasteiger partial charge in [0.1, 0.15) is 10.6 Å². The van der Waals surface area contributed by atoms with Gasteiger partial charge in [-0.15, -0.1) is 11.3 Å². The maximum absolute atomic E-state index is 10.7. The van der Waals surface area contributed by atoms with Crippen LogP contribution in [0.4, 0.5) is 0 Å². The first-order valence-corrected chi connectivity index (χ1v) is 5.47. The number of nitrogens with zero attached hydrogens (tertiary/aromatic N) is 1. The van der Waals surface area contributed by atoms with E-state index in [-0.39, 0.29) is 10.6 Å². The third-order valence-electron chi connectivity index (χ3n) is 2.12. The predicted octanol–water partition coefficient (Wildman–Crippen LogP) is 2.21. The number of thiophene rings is 1. The third kappa shape index (κ3) is 2.31. The first-order chi connectivity index (χ1) is 8.08. The second kappa shape index (κ2) is 4.34. The van der Waals surface area contributed by atoms with E-state index in [4.69, 9.17) is 10.2 Å². The number of pyridine rings is 1. The molecular formula is C11H7NO4S. The SMILES string of the molecule is O=C(O)c1cc(-c2csc(C(=O)O)c2)ccn1. The Morgan fingerprint density at radius 2 is 1.88 bits per heavy atom. The normalized spacial score (nSPS) is 10.1. The van der Waals surface area contributed by atoms with Crippen molar-refractivity contribution in [1.82, 2.24) is 4.98 Å². The van der Waals surface area contributed by atoms with Crippen LogP contribution >= 0.6 is 11.3 Å². The fourth-order valence-corrected chi connectivity index (χ4v) is 2.08. The molecule has 6 heteroatoms. The molecule has 0 spiro atoms. The van der Waals surface area contributed by atoms with Crippen molar-refractivity contribution >= 4 is 23.3 Å². The molecule has 0 radical (unpaired) electrons. The highest BCUT2D eigenvalue weighted by molar-refractivity contribution is 7.12. The van der Waals surface area contributed by atoms with Gasteiger partial charge in [-0.2, -0.15) is 0 Å². The van der Waals surface area contributed by atoms with Crippen LogP contribution in [0.3, 0.4) is 0 Å². The number of carbonyl (C=O) groups is 2. The highest BCUT2D eigenvalue weighted by Crippen LogP contribution is 2.25. The van der Waals surface area contributed by atoms with E-state index in [1.54, 1.807) is 11.4 Å². The summed E-state index contributed by atoms with van der Waals surface area (Å²) in [5.41, 5.74) is 1.25. The van der Waals surface area contributed by atoms with Gasteiger partial charge in [0.15, 0.2) is 0 Å². The molecule has 0 amide bonds. The van der Waals surface area contributed by atoms with Gasteiger partial charge in [-0.3, -0.25) is 0 Å². The van der Waals surface area contributed by atoms with Crippen molar-refractivity contribution in [3.05, 3.63) is 40.3 Å². The van der Waals surface area contributed by atoms with E-state index in [0.29, 0.717) is 11.1 Å². The Hall–Kier alpha value is -2.21. The fraction of sp³-hybridized carbons (Fsp3) is 0. The molecule has 0 atom stereocenters. The van der Waals surface area contributed by atoms with Crippen LogP contribution in [-0.4, -0.2) is 27.1 Å². The molecule has 0 aliphatic heterocycles. The van der Waals surface area contributed by atoms with Crippen LogP contribution in [-0.2, 0) is 0 Å². The number of carboxylic acids is 2. The van der Waals surface area contributed by atoms with Gasteiger partial charge >= 0.3 is 11.9 Å². The lowest BCUT2D eigenvalue weighted by Gasteiger charge is -1.98. The molecule has 0 fully saturated rings. The Kier molecular flexibility index (Phi) is 2.88. The summed E-state index contributed by atoms with van der Waals surface area (Å²) in [4.78, 5) is 25.4. The van der Waals surface area contributed by atoms with E-state index in [2.05, 4.69) is 4.98 Å². The van der Waals surface area contributed by atoms with Crippen LogP contribution in [0.15, 0.2) is 29.8 Å². The van der Waals surface area contributed by atoms with Crippen LogP contribution < -0.4 is 0 Å².